The van der Waals surface area contributed by atoms with Crippen molar-refractivity contribution in [1.82, 2.24) is 0 Å². The lowest BCUT2D eigenvalue weighted by molar-refractivity contribution is -0.968. The summed E-state index contributed by atoms with van der Waals surface area (Å²) in [4.78, 5) is 24.1. The molecule has 1 amide bonds. The van der Waals surface area contributed by atoms with Crippen molar-refractivity contribution in [3.8, 4) is 0 Å². The van der Waals surface area contributed by atoms with Crippen LogP contribution in [-0.2, 0) is 17.8 Å². The third kappa shape index (κ3) is 1.98. The number of rotatable bonds is 1. The number of nitrogen functional groups attached to an aromatic ring is 1. The number of benzene rings is 1. The van der Waals surface area contributed by atoms with Crippen molar-refractivity contribution in [2.45, 2.75) is 51.7 Å². The van der Waals surface area contributed by atoms with Gasteiger partial charge in [-0.2, -0.15) is 0 Å². The Kier molecular flexibility index (Phi) is 3.49. The zero-order valence-corrected chi connectivity index (χ0v) is 13.3. The zero-order valence-electron chi connectivity index (χ0n) is 13.3. The molecule has 0 saturated heterocycles. The molecule has 1 unspecified atom stereocenters. The van der Waals surface area contributed by atoms with Crippen LogP contribution in [0.25, 0.3) is 0 Å². The fourth-order valence-electron chi connectivity index (χ4n) is 3.66. The number of aliphatic carboxylic acids is 1. The molecular weight excluding hydrogens is 284 g/mol. The Labute approximate surface area is 129 Å². The molecule has 0 aliphatic carbocycles. The average molecular weight is 306 g/mol. The van der Waals surface area contributed by atoms with Gasteiger partial charge in [0.1, 0.15) is 6.54 Å². The van der Waals surface area contributed by atoms with Gasteiger partial charge in [-0.3, -0.25) is 4.48 Å². The molecule has 1 heterocycles. The minimum Gasteiger partial charge on any atom is -0.498 e. The number of carbonyl (C=O) groups is 2. The molecule has 1 aliphatic rings. The first-order chi connectivity index (χ1) is 9.95. The molecule has 6 nitrogen and oxygen atoms in total. The molecule has 6 heteroatoms. The van der Waals surface area contributed by atoms with Gasteiger partial charge in [-0.1, -0.05) is 6.07 Å². The highest BCUT2D eigenvalue weighted by atomic mass is 16.4. The Morgan fingerprint density at radius 2 is 1.91 bits per heavy atom. The van der Waals surface area contributed by atoms with Gasteiger partial charge >= 0.3 is 5.97 Å². The minimum absolute atomic E-state index is 0.0367. The number of anilines is 1. The van der Waals surface area contributed by atoms with Crippen LogP contribution in [0.1, 0.15) is 38.8 Å². The number of carbonyl (C=O) groups excluding carboxylic acids is 1. The van der Waals surface area contributed by atoms with Crippen molar-refractivity contribution in [3.05, 3.63) is 29.3 Å². The van der Waals surface area contributed by atoms with Crippen LogP contribution in [0.15, 0.2) is 18.2 Å². The van der Waals surface area contributed by atoms with Gasteiger partial charge < -0.3 is 20.7 Å². The molecule has 0 fully saturated rings. The Hall–Kier alpha value is -2.08. The van der Waals surface area contributed by atoms with Gasteiger partial charge in [0.25, 0.3) is 6.09 Å². The monoisotopic (exact) mass is 306 g/mol. The van der Waals surface area contributed by atoms with Crippen molar-refractivity contribution in [3.63, 3.8) is 0 Å². The molecule has 3 N–H and O–H groups in total. The predicted molar refractivity (Wildman–Crippen MR) is 79.7 cm³/mol. The van der Waals surface area contributed by atoms with Gasteiger partial charge in [0.15, 0.2) is 0 Å². The molecule has 0 aromatic heterocycles. The maximum Gasteiger partial charge on any atom is 0.366 e. The van der Waals surface area contributed by atoms with E-state index in [1.54, 1.807) is 39.0 Å². The van der Waals surface area contributed by atoms with Crippen LogP contribution in [0.4, 0.5) is 10.5 Å². The van der Waals surface area contributed by atoms with E-state index in [1.807, 2.05) is 0 Å². The number of nitrogens with two attached hydrogens (primary N) is 1. The largest absolute Gasteiger partial charge is 0.498 e. The third-order valence-electron chi connectivity index (χ3n) is 4.93. The highest BCUT2D eigenvalue weighted by molar-refractivity contribution is 5.80. The Bertz CT molecular complexity index is 650. The molecule has 120 valence electrons. The highest BCUT2D eigenvalue weighted by Crippen LogP contribution is 2.44. The van der Waals surface area contributed by atoms with Crippen LogP contribution in [0, 0.1) is 0 Å². The van der Waals surface area contributed by atoms with Crippen molar-refractivity contribution in [2.75, 3.05) is 5.73 Å². The summed E-state index contributed by atoms with van der Waals surface area (Å²) in [6.45, 7) is 6.69. The lowest BCUT2D eigenvalue weighted by atomic mass is 9.77. The van der Waals surface area contributed by atoms with E-state index in [0.29, 0.717) is 5.69 Å². The van der Waals surface area contributed by atoms with Crippen molar-refractivity contribution in [2.24, 2.45) is 0 Å². The first kappa shape index (κ1) is 16.3. The normalized spacial score (nSPS) is 28.0. The van der Waals surface area contributed by atoms with E-state index in [-0.39, 0.29) is 13.0 Å². The SMILES string of the molecule is CC(C)(C)[N@@+]1(C(=O)[O-])Cc2cc(N)ccc2CC1(C)C(=O)O. The van der Waals surface area contributed by atoms with E-state index in [4.69, 9.17) is 5.73 Å². The van der Waals surface area contributed by atoms with E-state index in [1.165, 1.54) is 6.92 Å². The second-order valence-electron chi connectivity index (χ2n) is 7.19. The Balaban J connectivity index is 2.79. The van der Waals surface area contributed by atoms with Crippen LogP contribution in [0.2, 0.25) is 0 Å². The fraction of sp³-hybridized carbons (Fsp3) is 0.500. The van der Waals surface area contributed by atoms with E-state index in [2.05, 4.69) is 0 Å². The van der Waals surface area contributed by atoms with Gasteiger partial charge in [-0.15, -0.1) is 0 Å². The summed E-state index contributed by atoms with van der Waals surface area (Å²) in [5.74, 6) is -1.14. The van der Waals surface area contributed by atoms with Gasteiger partial charge in [-0.05, 0) is 38.5 Å². The number of fused-ring (bicyclic) bond motifs is 1. The smallest absolute Gasteiger partial charge is 0.366 e. The molecule has 1 aliphatic heterocycles. The second-order valence-corrected chi connectivity index (χ2v) is 7.19. The van der Waals surface area contributed by atoms with E-state index in [9.17, 15) is 19.8 Å². The molecule has 0 saturated carbocycles. The fourth-order valence-corrected chi connectivity index (χ4v) is 3.66. The molecule has 1 aromatic rings. The van der Waals surface area contributed by atoms with E-state index >= 15 is 0 Å². The van der Waals surface area contributed by atoms with Crippen molar-refractivity contribution >= 4 is 17.7 Å². The zero-order chi connectivity index (χ0) is 16.9. The highest BCUT2D eigenvalue weighted by Gasteiger charge is 2.63. The number of carboxylic acid groups (broad SMARTS) is 2. The number of quaternary nitrogens is 1. The number of carboxylic acids is 1. The molecule has 2 atom stereocenters. The van der Waals surface area contributed by atoms with Crippen molar-refractivity contribution in [1.29, 1.82) is 0 Å². The van der Waals surface area contributed by atoms with E-state index < -0.39 is 27.6 Å². The van der Waals surface area contributed by atoms with Gasteiger partial charge in [0.2, 0.25) is 5.54 Å². The maximum atomic E-state index is 12.1. The predicted octanol–water partition coefficient (Wildman–Crippen LogP) is 1.13. The van der Waals surface area contributed by atoms with Crippen LogP contribution in [0.5, 0.6) is 0 Å². The summed E-state index contributed by atoms with van der Waals surface area (Å²) in [6, 6.07) is 5.20. The van der Waals surface area contributed by atoms with E-state index in [0.717, 1.165) is 11.1 Å². The summed E-state index contributed by atoms with van der Waals surface area (Å²) < 4.78 is -0.675. The van der Waals surface area contributed by atoms with Crippen LogP contribution < -0.4 is 10.8 Å². The first-order valence-corrected chi connectivity index (χ1v) is 7.16. The molecule has 0 spiro atoms. The average Bonchev–Trinajstić information content (AvgIpc) is 2.36. The van der Waals surface area contributed by atoms with Crippen LogP contribution in [-0.4, -0.2) is 32.7 Å². The number of hydrogen-bond acceptors (Lipinski definition) is 4. The summed E-state index contributed by atoms with van der Waals surface area (Å²) in [7, 11) is 0. The topological polar surface area (TPSA) is 103 Å². The second kappa shape index (κ2) is 4.71. The van der Waals surface area contributed by atoms with Crippen molar-refractivity contribution < 1.29 is 24.3 Å². The summed E-state index contributed by atoms with van der Waals surface area (Å²) in [5.41, 5.74) is 5.54. The molecule has 0 radical (unpaired) electrons. The number of hydrogen-bond donors (Lipinski definition) is 2. The molecule has 2 rings (SSSR count). The molecule has 0 bridgehead atoms. The summed E-state index contributed by atoms with van der Waals surface area (Å²) >= 11 is 0. The molecule has 1 aromatic carbocycles. The standard InChI is InChI=1S/C16H22N2O4/c1-15(2,3)18(14(21)22)9-11-7-12(17)6-5-10(11)8-16(18,4)13(19)20/h5-7H,8-9,17H2,1-4H3,(H-,19,20,21,22)/t16?,18-/m0/s1. The first-order valence-electron chi connectivity index (χ1n) is 7.16. The number of amides is 1. The molecular formula is C16H22N2O4. The summed E-state index contributed by atoms with van der Waals surface area (Å²) in [5, 5.41) is 21.9. The third-order valence-corrected chi connectivity index (χ3v) is 4.93. The maximum absolute atomic E-state index is 12.1. The Morgan fingerprint density at radius 1 is 1.32 bits per heavy atom. The van der Waals surface area contributed by atoms with Gasteiger partial charge in [-0.25, -0.2) is 4.79 Å². The molecule has 22 heavy (non-hydrogen) atoms. The Morgan fingerprint density at radius 3 is 2.36 bits per heavy atom. The summed E-state index contributed by atoms with van der Waals surface area (Å²) in [6.07, 6.45) is -1.27. The van der Waals surface area contributed by atoms with Gasteiger partial charge in [0.05, 0.1) is 5.54 Å². The van der Waals surface area contributed by atoms with Crippen LogP contribution in [0.3, 0.4) is 0 Å². The number of nitrogens with zero attached hydrogens (tertiary/aromatic N) is 1. The quantitative estimate of drug-likeness (QED) is 0.598. The minimum atomic E-state index is -1.51. The van der Waals surface area contributed by atoms with Gasteiger partial charge in [0, 0.05) is 24.6 Å². The lowest BCUT2D eigenvalue weighted by Crippen LogP contribution is -2.80. The lowest BCUT2D eigenvalue weighted by Gasteiger charge is -2.58. The van der Waals surface area contributed by atoms with Crippen LogP contribution >= 0.6 is 0 Å².